The zero-order chi connectivity index (χ0) is 22.8. The number of nitrogens with one attached hydrogen (secondary N) is 2. The fourth-order valence-electron chi connectivity index (χ4n) is 3.89. The van der Waals surface area contributed by atoms with Crippen LogP contribution < -0.4 is 10.6 Å². The Morgan fingerprint density at radius 2 is 1.76 bits per heavy atom. The van der Waals surface area contributed by atoms with Gasteiger partial charge in [0.15, 0.2) is 5.16 Å². The molecule has 2 fully saturated rings. The Hall–Kier alpha value is -3.13. The second kappa shape index (κ2) is 9.39. The third kappa shape index (κ3) is 5.11. The minimum absolute atomic E-state index is 0.146. The summed E-state index contributed by atoms with van der Waals surface area (Å²) < 4.78 is 2.24. The number of rotatable bonds is 9. The Kier molecular flexibility index (Phi) is 6.17. The summed E-state index contributed by atoms with van der Waals surface area (Å²) in [7, 11) is 0. The molecule has 1 atom stereocenters. The first kappa shape index (κ1) is 21.7. The highest BCUT2D eigenvalue weighted by molar-refractivity contribution is 7.99. The van der Waals surface area contributed by atoms with Crippen molar-refractivity contribution in [2.24, 2.45) is 0 Å². The van der Waals surface area contributed by atoms with Crippen LogP contribution in [0.3, 0.4) is 0 Å². The molecule has 2 aliphatic carbocycles. The van der Waals surface area contributed by atoms with Crippen molar-refractivity contribution in [3.63, 3.8) is 0 Å². The Morgan fingerprint density at radius 1 is 1.03 bits per heavy atom. The summed E-state index contributed by atoms with van der Waals surface area (Å²) in [5.74, 6) is 1.43. The van der Waals surface area contributed by atoms with Gasteiger partial charge in [-0.15, -0.1) is 10.2 Å². The van der Waals surface area contributed by atoms with Crippen LogP contribution >= 0.6 is 11.8 Å². The molecule has 8 heteroatoms. The maximum Gasteiger partial charge on any atom is 0.253 e. The molecule has 2 saturated carbocycles. The average Bonchev–Trinajstić information content (AvgIpc) is 3.77. The van der Waals surface area contributed by atoms with Gasteiger partial charge in [-0.05, 0) is 50.3 Å². The number of hydrogen-bond donors (Lipinski definition) is 2. The Bertz CT molecular complexity index is 1150. The van der Waals surface area contributed by atoms with Crippen molar-refractivity contribution in [3.8, 4) is 0 Å². The topological polar surface area (TPSA) is 88.9 Å². The van der Waals surface area contributed by atoms with E-state index < -0.39 is 0 Å². The molecule has 2 aliphatic rings. The molecule has 33 heavy (non-hydrogen) atoms. The van der Waals surface area contributed by atoms with Gasteiger partial charge in [-0.2, -0.15) is 0 Å². The molecule has 0 unspecified atom stereocenters. The molecule has 2 aromatic carbocycles. The van der Waals surface area contributed by atoms with E-state index in [-0.39, 0.29) is 23.6 Å². The molecule has 2 N–H and O–H groups in total. The van der Waals surface area contributed by atoms with Crippen LogP contribution in [0.5, 0.6) is 0 Å². The Morgan fingerprint density at radius 3 is 2.48 bits per heavy atom. The maximum atomic E-state index is 12.9. The van der Waals surface area contributed by atoms with Crippen LogP contribution in [-0.2, 0) is 4.79 Å². The molecular weight excluding hydrogens is 434 g/mol. The van der Waals surface area contributed by atoms with E-state index in [2.05, 4.69) is 25.4 Å². The highest BCUT2D eigenvalue weighted by Gasteiger charge is 2.36. The third-order valence-electron chi connectivity index (χ3n) is 5.97. The number of anilines is 1. The Balaban J connectivity index is 1.22. The maximum absolute atomic E-state index is 12.9. The number of aromatic nitrogens is 3. The first-order chi connectivity index (χ1) is 16.1. The van der Waals surface area contributed by atoms with Gasteiger partial charge < -0.3 is 15.2 Å². The van der Waals surface area contributed by atoms with Crippen molar-refractivity contribution >= 4 is 29.3 Å². The first-order valence-electron chi connectivity index (χ1n) is 11.4. The number of hydrogen-bond acceptors (Lipinski definition) is 5. The summed E-state index contributed by atoms with van der Waals surface area (Å²) in [5.41, 5.74) is 1.97. The number of para-hydroxylation sites is 1. The van der Waals surface area contributed by atoms with Gasteiger partial charge in [0, 0.05) is 12.0 Å². The third-order valence-corrected chi connectivity index (χ3v) is 6.91. The van der Waals surface area contributed by atoms with Crippen LogP contribution in [0, 0.1) is 0 Å². The lowest BCUT2D eigenvalue weighted by atomic mass is 10.1. The van der Waals surface area contributed by atoms with Crippen molar-refractivity contribution in [2.75, 3.05) is 11.1 Å². The summed E-state index contributed by atoms with van der Waals surface area (Å²) in [6.07, 6.45) is 4.66. The average molecular weight is 462 g/mol. The molecule has 0 bridgehead atoms. The lowest BCUT2D eigenvalue weighted by Gasteiger charge is -2.16. The van der Waals surface area contributed by atoms with Crippen molar-refractivity contribution in [2.45, 2.75) is 55.8 Å². The summed E-state index contributed by atoms with van der Waals surface area (Å²) in [6, 6.07) is 17.2. The van der Waals surface area contributed by atoms with E-state index in [1.54, 1.807) is 18.2 Å². The highest BCUT2D eigenvalue weighted by Crippen LogP contribution is 2.46. The van der Waals surface area contributed by atoms with E-state index in [9.17, 15) is 9.59 Å². The quantitative estimate of drug-likeness (QED) is 0.451. The molecular formula is C25H27N5O2S. The monoisotopic (exact) mass is 461 g/mol. The number of carbonyl (C=O) groups is 2. The van der Waals surface area contributed by atoms with Crippen LogP contribution in [0.1, 0.15) is 72.4 Å². The van der Waals surface area contributed by atoms with Gasteiger partial charge in [0.25, 0.3) is 5.91 Å². The van der Waals surface area contributed by atoms with E-state index in [0.717, 1.165) is 29.4 Å². The van der Waals surface area contributed by atoms with Crippen molar-refractivity contribution < 1.29 is 9.59 Å². The van der Waals surface area contributed by atoms with E-state index in [0.29, 0.717) is 23.2 Å². The number of benzene rings is 2. The molecule has 0 saturated heterocycles. The van der Waals surface area contributed by atoms with Crippen molar-refractivity contribution in [1.82, 2.24) is 20.1 Å². The molecule has 5 rings (SSSR count). The molecule has 170 valence electrons. The minimum atomic E-state index is -0.225. The highest BCUT2D eigenvalue weighted by atomic mass is 32.2. The number of carbonyl (C=O) groups excluding carboxylic acids is 2. The summed E-state index contributed by atoms with van der Waals surface area (Å²) in [6.45, 7) is 1.94. The molecule has 1 heterocycles. The fraction of sp³-hybridized carbons (Fsp3) is 0.360. The van der Waals surface area contributed by atoms with Crippen LogP contribution in [0.2, 0.25) is 0 Å². The van der Waals surface area contributed by atoms with Gasteiger partial charge in [-0.3, -0.25) is 9.59 Å². The van der Waals surface area contributed by atoms with Crippen LogP contribution in [0.25, 0.3) is 0 Å². The van der Waals surface area contributed by atoms with Crippen LogP contribution in [-0.4, -0.2) is 32.3 Å². The zero-order valence-electron chi connectivity index (χ0n) is 18.5. The smallest absolute Gasteiger partial charge is 0.253 e. The summed E-state index contributed by atoms with van der Waals surface area (Å²) >= 11 is 1.41. The largest absolute Gasteiger partial charge is 0.345 e. The lowest BCUT2D eigenvalue weighted by molar-refractivity contribution is -0.113. The van der Waals surface area contributed by atoms with Gasteiger partial charge in [-0.25, -0.2) is 0 Å². The SMILES string of the molecule is C[C@@H](NC(=O)c1ccccc1NC(=O)CSc1nnc(C2CC2)n1C1CC1)c1ccccc1. The van der Waals surface area contributed by atoms with Gasteiger partial charge in [0.1, 0.15) is 5.82 Å². The van der Waals surface area contributed by atoms with Gasteiger partial charge in [0.2, 0.25) is 5.91 Å². The fourth-order valence-corrected chi connectivity index (χ4v) is 4.70. The first-order valence-corrected chi connectivity index (χ1v) is 12.4. The Labute approximate surface area is 197 Å². The molecule has 0 spiro atoms. The number of thioether (sulfide) groups is 1. The van der Waals surface area contributed by atoms with E-state index in [1.807, 2.05) is 43.3 Å². The van der Waals surface area contributed by atoms with Crippen molar-refractivity contribution in [1.29, 1.82) is 0 Å². The molecule has 3 aromatic rings. The summed E-state index contributed by atoms with van der Waals surface area (Å²) in [5, 5.41) is 15.5. The molecule has 1 aromatic heterocycles. The predicted molar refractivity (Wildman–Crippen MR) is 128 cm³/mol. The van der Waals surface area contributed by atoms with Crippen LogP contribution in [0.15, 0.2) is 59.8 Å². The van der Waals surface area contributed by atoms with E-state index >= 15 is 0 Å². The van der Waals surface area contributed by atoms with E-state index in [4.69, 9.17) is 0 Å². The van der Waals surface area contributed by atoms with Gasteiger partial charge >= 0.3 is 0 Å². The van der Waals surface area contributed by atoms with Crippen molar-refractivity contribution in [3.05, 3.63) is 71.5 Å². The lowest BCUT2D eigenvalue weighted by Crippen LogP contribution is -2.28. The number of nitrogens with zero attached hydrogens (tertiary/aromatic N) is 3. The molecule has 7 nitrogen and oxygen atoms in total. The summed E-state index contributed by atoms with van der Waals surface area (Å²) in [4.78, 5) is 25.7. The zero-order valence-corrected chi connectivity index (χ0v) is 19.3. The van der Waals surface area contributed by atoms with Gasteiger partial charge in [0.05, 0.1) is 23.0 Å². The predicted octanol–water partition coefficient (Wildman–Crippen LogP) is 4.71. The normalized spacial score (nSPS) is 16.3. The van der Waals surface area contributed by atoms with Crippen LogP contribution in [0.4, 0.5) is 5.69 Å². The standard InChI is InChI=1S/C25H27N5O2S/c1-16(17-7-3-2-4-8-17)26-24(32)20-9-5-6-10-21(20)27-22(31)15-33-25-29-28-23(18-11-12-18)30(25)19-13-14-19/h2-10,16,18-19H,11-15H2,1H3,(H,26,32)(H,27,31)/t16-/m1/s1. The van der Waals surface area contributed by atoms with Gasteiger partial charge in [-0.1, -0.05) is 54.2 Å². The second-order valence-corrected chi connectivity index (χ2v) is 9.65. The van der Waals surface area contributed by atoms with E-state index in [1.165, 1.54) is 24.6 Å². The molecule has 0 radical (unpaired) electrons. The number of amides is 2. The molecule has 2 amide bonds. The minimum Gasteiger partial charge on any atom is -0.345 e. The second-order valence-electron chi connectivity index (χ2n) is 8.70. The molecule has 0 aliphatic heterocycles.